The number of carbonyl (C=O) groups is 2. The van der Waals surface area contributed by atoms with E-state index in [-0.39, 0.29) is 12.3 Å². The van der Waals surface area contributed by atoms with E-state index in [9.17, 15) is 9.59 Å². The van der Waals surface area contributed by atoms with Gasteiger partial charge in [0.15, 0.2) is 0 Å². The number of hydrogen-bond acceptors (Lipinski definition) is 4. The summed E-state index contributed by atoms with van der Waals surface area (Å²) in [5.41, 5.74) is 1.70. The molecule has 1 atom stereocenters. The van der Waals surface area contributed by atoms with Crippen LogP contribution in [0.1, 0.15) is 37.3 Å². The average Bonchev–Trinajstić information content (AvgIpc) is 3.05. The van der Waals surface area contributed by atoms with Gasteiger partial charge in [-0.3, -0.25) is 9.59 Å². The van der Waals surface area contributed by atoms with Gasteiger partial charge in [-0.05, 0) is 12.8 Å². The highest BCUT2D eigenvalue weighted by Gasteiger charge is 2.31. The number of aryl methyl sites for hydroxylation is 2. The van der Waals surface area contributed by atoms with E-state index in [0.29, 0.717) is 25.9 Å². The van der Waals surface area contributed by atoms with Crippen LogP contribution in [0.5, 0.6) is 0 Å². The normalized spacial score (nSPS) is 18.5. The summed E-state index contributed by atoms with van der Waals surface area (Å²) in [5.74, 6) is -0.544. The van der Waals surface area contributed by atoms with E-state index in [1.807, 2.05) is 13.8 Å². The van der Waals surface area contributed by atoms with Gasteiger partial charge in [-0.1, -0.05) is 19.0 Å². The summed E-state index contributed by atoms with van der Waals surface area (Å²) in [4.78, 5) is 24.8. The van der Waals surface area contributed by atoms with Crippen molar-refractivity contribution in [2.24, 2.45) is 5.92 Å². The number of hydrogen-bond donors (Lipinski definition) is 1. The molecule has 6 nitrogen and oxygen atoms in total. The molecule has 1 unspecified atom stereocenters. The first kappa shape index (κ1) is 14.6. The summed E-state index contributed by atoms with van der Waals surface area (Å²) in [5, 5.41) is 13.0. The lowest BCUT2D eigenvalue weighted by molar-refractivity contribution is -0.141. The number of aliphatic carboxylic acids is 1. The standard InChI is InChI=1S/C14H20N2O4/c1-3-11-10(12(4-2)20-15-11)7-13(17)16-6-5-9(8-16)14(18)19/h9H,3-8H2,1-2H3,(H,18,19). The fraction of sp³-hybridized carbons (Fsp3) is 0.643. The molecule has 0 radical (unpaired) electrons. The molecule has 1 aliphatic heterocycles. The first-order valence-electron chi connectivity index (χ1n) is 7.03. The number of carbonyl (C=O) groups excluding carboxylic acids is 1. The largest absolute Gasteiger partial charge is 0.481 e. The van der Waals surface area contributed by atoms with Crippen LogP contribution < -0.4 is 0 Å². The Morgan fingerprint density at radius 3 is 2.70 bits per heavy atom. The predicted molar refractivity (Wildman–Crippen MR) is 71.3 cm³/mol. The van der Waals surface area contributed by atoms with Gasteiger partial charge in [-0.2, -0.15) is 0 Å². The SMILES string of the molecule is CCc1noc(CC)c1CC(=O)N1CCC(C(=O)O)C1. The van der Waals surface area contributed by atoms with Crippen molar-refractivity contribution in [3.8, 4) is 0 Å². The molecule has 1 N–H and O–H groups in total. The zero-order valence-electron chi connectivity index (χ0n) is 11.9. The zero-order valence-corrected chi connectivity index (χ0v) is 11.9. The van der Waals surface area contributed by atoms with Crippen LogP contribution in [-0.4, -0.2) is 40.1 Å². The van der Waals surface area contributed by atoms with Crippen molar-refractivity contribution < 1.29 is 19.2 Å². The second-order valence-corrected chi connectivity index (χ2v) is 5.08. The molecule has 1 aromatic rings. The minimum atomic E-state index is -0.825. The monoisotopic (exact) mass is 280 g/mol. The van der Waals surface area contributed by atoms with Gasteiger partial charge in [0.1, 0.15) is 5.76 Å². The maximum Gasteiger partial charge on any atom is 0.308 e. The van der Waals surface area contributed by atoms with Gasteiger partial charge in [0.2, 0.25) is 5.91 Å². The van der Waals surface area contributed by atoms with Crippen molar-refractivity contribution >= 4 is 11.9 Å². The Balaban J connectivity index is 2.05. The van der Waals surface area contributed by atoms with Crippen molar-refractivity contribution in [1.82, 2.24) is 10.1 Å². The summed E-state index contributed by atoms with van der Waals surface area (Å²) < 4.78 is 5.24. The summed E-state index contributed by atoms with van der Waals surface area (Å²) in [6, 6.07) is 0. The van der Waals surface area contributed by atoms with Gasteiger partial charge in [0, 0.05) is 25.1 Å². The van der Waals surface area contributed by atoms with Gasteiger partial charge in [-0.15, -0.1) is 0 Å². The van der Waals surface area contributed by atoms with Gasteiger partial charge in [0.05, 0.1) is 18.0 Å². The number of likely N-dealkylation sites (tertiary alicyclic amines) is 1. The van der Waals surface area contributed by atoms with Gasteiger partial charge >= 0.3 is 5.97 Å². The quantitative estimate of drug-likeness (QED) is 0.878. The van der Waals surface area contributed by atoms with E-state index in [4.69, 9.17) is 9.63 Å². The number of aromatic nitrogens is 1. The molecule has 6 heteroatoms. The zero-order chi connectivity index (χ0) is 14.7. The van der Waals surface area contributed by atoms with Gasteiger partial charge in [0.25, 0.3) is 0 Å². The lowest BCUT2D eigenvalue weighted by Crippen LogP contribution is -2.31. The maximum absolute atomic E-state index is 12.3. The highest BCUT2D eigenvalue weighted by Crippen LogP contribution is 2.21. The number of rotatable bonds is 5. The van der Waals surface area contributed by atoms with Crippen LogP contribution >= 0.6 is 0 Å². The lowest BCUT2D eigenvalue weighted by atomic mass is 10.1. The molecule has 1 saturated heterocycles. The molecule has 0 saturated carbocycles. The third-order valence-corrected chi connectivity index (χ3v) is 3.83. The molecular formula is C14H20N2O4. The molecule has 110 valence electrons. The number of amides is 1. The maximum atomic E-state index is 12.3. The van der Waals surface area contributed by atoms with Crippen LogP contribution in [0.3, 0.4) is 0 Å². The Kier molecular flexibility index (Phi) is 4.42. The minimum Gasteiger partial charge on any atom is -0.481 e. The highest BCUT2D eigenvalue weighted by molar-refractivity contribution is 5.81. The highest BCUT2D eigenvalue weighted by atomic mass is 16.5. The molecule has 0 bridgehead atoms. The van der Waals surface area contributed by atoms with Crippen LogP contribution in [0, 0.1) is 5.92 Å². The molecule has 0 aromatic carbocycles. The molecule has 2 rings (SSSR count). The first-order valence-corrected chi connectivity index (χ1v) is 7.03. The van der Waals surface area contributed by atoms with Crippen LogP contribution in [0.15, 0.2) is 4.52 Å². The number of carboxylic acids is 1. The second-order valence-electron chi connectivity index (χ2n) is 5.08. The van der Waals surface area contributed by atoms with Crippen LogP contribution in [0.2, 0.25) is 0 Å². The molecule has 1 fully saturated rings. The fourth-order valence-electron chi connectivity index (χ4n) is 2.59. The van der Waals surface area contributed by atoms with Crippen molar-refractivity contribution in [1.29, 1.82) is 0 Å². The van der Waals surface area contributed by atoms with Crippen molar-refractivity contribution in [3.63, 3.8) is 0 Å². The number of nitrogens with zero attached hydrogens (tertiary/aromatic N) is 2. The van der Waals surface area contributed by atoms with E-state index >= 15 is 0 Å². The van der Waals surface area contributed by atoms with Crippen LogP contribution in [0.25, 0.3) is 0 Å². The minimum absolute atomic E-state index is 0.0404. The van der Waals surface area contributed by atoms with Crippen LogP contribution in [0.4, 0.5) is 0 Å². The van der Waals surface area contributed by atoms with Crippen LogP contribution in [-0.2, 0) is 28.9 Å². The Morgan fingerprint density at radius 2 is 2.15 bits per heavy atom. The molecule has 0 aliphatic carbocycles. The van der Waals surface area contributed by atoms with Gasteiger partial charge < -0.3 is 14.5 Å². The third-order valence-electron chi connectivity index (χ3n) is 3.83. The van der Waals surface area contributed by atoms with Crippen molar-refractivity contribution in [2.45, 2.75) is 39.5 Å². The second kappa shape index (κ2) is 6.07. The average molecular weight is 280 g/mol. The molecule has 1 amide bonds. The van der Waals surface area contributed by atoms with E-state index in [0.717, 1.165) is 23.4 Å². The molecule has 2 heterocycles. The summed E-state index contributed by atoms with van der Waals surface area (Å²) in [6.45, 7) is 4.76. The van der Waals surface area contributed by atoms with Crippen molar-refractivity contribution in [3.05, 3.63) is 17.0 Å². The summed E-state index contributed by atoms with van der Waals surface area (Å²) in [7, 11) is 0. The summed E-state index contributed by atoms with van der Waals surface area (Å²) >= 11 is 0. The van der Waals surface area contributed by atoms with E-state index in [1.165, 1.54) is 0 Å². The van der Waals surface area contributed by atoms with E-state index in [1.54, 1.807) is 4.90 Å². The Bertz CT molecular complexity index is 488. The molecule has 0 spiro atoms. The smallest absolute Gasteiger partial charge is 0.308 e. The fourth-order valence-corrected chi connectivity index (χ4v) is 2.59. The molecule has 20 heavy (non-hydrogen) atoms. The Labute approximate surface area is 117 Å². The number of carboxylic acid groups (broad SMARTS) is 1. The summed E-state index contributed by atoms with van der Waals surface area (Å²) in [6.07, 6.45) is 2.21. The van der Waals surface area contributed by atoms with E-state index in [2.05, 4.69) is 5.16 Å². The third kappa shape index (κ3) is 2.84. The van der Waals surface area contributed by atoms with Gasteiger partial charge in [-0.25, -0.2) is 0 Å². The lowest BCUT2D eigenvalue weighted by Gasteiger charge is -2.15. The predicted octanol–water partition coefficient (Wildman–Crippen LogP) is 1.28. The molecular weight excluding hydrogens is 260 g/mol. The van der Waals surface area contributed by atoms with E-state index < -0.39 is 11.9 Å². The molecule has 1 aliphatic rings. The topological polar surface area (TPSA) is 83.6 Å². The Hall–Kier alpha value is -1.85. The molecule has 1 aromatic heterocycles. The van der Waals surface area contributed by atoms with Crippen molar-refractivity contribution in [2.75, 3.05) is 13.1 Å². The first-order chi connectivity index (χ1) is 9.56. The Morgan fingerprint density at radius 1 is 1.40 bits per heavy atom.